The smallest absolute Gasteiger partial charge is 0.189 e. The van der Waals surface area contributed by atoms with Crippen LogP contribution >= 0.6 is 0 Å². The number of nitrogens with zero attached hydrogens (tertiary/aromatic N) is 2. The summed E-state index contributed by atoms with van der Waals surface area (Å²) < 4.78 is 11.8. The first kappa shape index (κ1) is 14.5. The number of fused-ring (bicyclic) bond motifs is 1. The molecular formula is C17H22N2O2. The molecule has 2 atom stereocenters. The summed E-state index contributed by atoms with van der Waals surface area (Å²) in [7, 11) is 1.67. The fourth-order valence-electron chi connectivity index (χ4n) is 3.72. The van der Waals surface area contributed by atoms with Gasteiger partial charge in [0, 0.05) is 26.6 Å². The molecule has 1 aliphatic heterocycles. The molecule has 2 fully saturated rings. The fourth-order valence-corrected chi connectivity index (χ4v) is 3.72. The largest absolute Gasteiger partial charge is 0.352 e. The molecule has 2 unspecified atom stereocenters. The second-order valence-corrected chi connectivity index (χ2v) is 6.10. The molecule has 1 aliphatic carbocycles. The van der Waals surface area contributed by atoms with Crippen molar-refractivity contribution in [3.8, 4) is 6.07 Å². The first-order valence-corrected chi connectivity index (χ1v) is 7.60. The van der Waals surface area contributed by atoms with E-state index in [-0.39, 0.29) is 0 Å². The molecule has 0 spiro atoms. The van der Waals surface area contributed by atoms with Gasteiger partial charge in [-0.05, 0) is 18.4 Å². The lowest BCUT2D eigenvalue weighted by Gasteiger charge is -2.53. The van der Waals surface area contributed by atoms with E-state index in [2.05, 4.69) is 23.1 Å². The Hall–Kier alpha value is -1.41. The highest BCUT2D eigenvalue weighted by molar-refractivity contribution is 5.17. The topological polar surface area (TPSA) is 45.5 Å². The van der Waals surface area contributed by atoms with Crippen LogP contribution in [0, 0.1) is 16.7 Å². The Balaban J connectivity index is 1.80. The van der Waals surface area contributed by atoms with Crippen molar-refractivity contribution in [1.29, 1.82) is 5.26 Å². The van der Waals surface area contributed by atoms with Crippen LogP contribution in [0.15, 0.2) is 30.3 Å². The summed E-state index contributed by atoms with van der Waals surface area (Å²) >= 11 is 0. The van der Waals surface area contributed by atoms with Crippen LogP contribution < -0.4 is 0 Å². The number of hydrogen-bond acceptors (Lipinski definition) is 4. The Bertz CT molecular complexity index is 527. The lowest BCUT2D eigenvalue weighted by molar-refractivity contribution is -0.332. The van der Waals surface area contributed by atoms with Crippen molar-refractivity contribution in [2.45, 2.75) is 38.0 Å². The zero-order chi connectivity index (χ0) is 14.8. The third-order valence-corrected chi connectivity index (χ3v) is 4.86. The van der Waals surface area contributed by atoms with Gasteiger partial charge in [0.2, 0.25) is 0 Å². The highest BCUT2D eigenvalue weighted by Crippen LogP contribution is 2.49. The van der Waals surface area contributed by atoms with Crippen molar-refractivity contribution < 1.29 is 9.47 Å². The van der Waals surface area contributed by atoms with Gasteiger partial charge in [-0.1, -0.05) is 36.8 Å². The summed E-state index contributed by atoms with van der Waals surface area (Å²) in [5.74, 6) is -0.715. The molecule has 1 saturated heterocycles. The Morgan fingerprint density at radius 3 is 2.76 bits per heavy atom. The third-order valence-electron chi connectivity index (χ3n) is 4.86. The second-order valence-electron chi connectivity index (χ2n) is 6.10. The minimum atomic E-state index is -0.715. The zero-order valence-corrected chi connectivity index (χ0v) is 12.5. The number of hydrogen-bond donors (Lipinski definition) is 0. The normalized spacial score (nSPS) is 33.1. The molecule has 0 amide bonds. The molecule has 2 aliphatic rings. The maximum absolute atomic E-state index is 9.82. The molecule has 0 N–H and O–H groups in total. The first-order valence-electron chi connectivity index (χ1n) is 7.60. The summed E-state index contributed by atoms with van der Waals surface area (Å²) in [6.07, 6.45) is 3.80. The summed E-state index contributed by atoms with van der Waals surface area (Å²) in [5, 5.41) is 9.82. The maximum atomic E-state index is 9.82. The van der Waals surface area contributed by atoms with Crippen LogP contribution in [0.3, 0.4) is 0 Å². The molecule has 1 aromatic carbocycles. The fraction of sp³-hybridized carbons (Fsp3) is 0.588. The first-order chi connectivity index (χ1) is 10.2. The van der Waals surface area contributed by atoms with Crippen molar-refractivity contribution in [1.82, 2.24) is 4.90 Å². The summed E-state index contributed by atoms with van der Waals surface area (Å²) in [6.45, 7) is 2.04. The highest BCUT2D eigenvalue weighted by Gasteiger charge is 2.58. The van der Waals surface area contributed by atoms with E-state index in [0.29, 0.717) is 13.3 Å². The average molecular weight is 286 g/mol. The molecule has 4 nitrogen and oxygen atoms in total. The van der Waals surface area contributed by atoms with E-state index < -0.39 is 11.2 Å². The van der Waals surface area contributed by atoms with Gasteiger partial charge in [-0.25, -0.2) is 0 Å². The van der Waals surface area contributed by atoms with Crippen molar-refractivity contribution >= 4 is 0 Å². The third kappa shape index (κ3) is 2.46. The highest BCUT2D eigenvalue weighted by atomic mass is 16.7. The molecule has 1 saturated carbocycles. The average Bonchev–Trinajstić information content (AvgIpc) is 2.55. The molecule has 112 valence electrons. The van der Waals surface area contributed by atoms with Crippen LogP contribution in [-0.4, -0.2) is 31.1 Å². The van der Waals surface area contributed by atoms with Crippen molar-refractivity contribution in [2.75, 3.05) is 20.4 Å². The summed E-state index contributed by atoms with van der Waals surface area (Å²) in [6, 6.07) is 12.9. The van der Waals surface area contributed by atoms with Gasteiger partial charge in [0.1, 0.15) is 12.1 Å². The number of methoxy groups -OCH3 is 1. The molecule has 0 aromatic heterocycles. The molecule has 3 rings (SSSR count). The lowest BCUT2D eigenvalue weighted by atomic mass is 9.69. The minimum absolute atomic E-state index is 0.520. The van der Waals surface area contributed by atoms with Crippen LogP contribution in [0.25, 0.3) is 0 Å². The van der Waals surface area contributed by atoms with Gasteiger partial charge in [0.15, 0.2) is 5.79 Å². The van der Waals surface area contributed by atoms with Gasteiger partial charge in [-0.2, -0.15) is 5.26 Å². The number of benzene rings is 1. The van der Waals surface area contributed by atoms with Gasteiger partial charge in [0.25, 0.3) is 0 Å². The van der Waals surface area contributed by atoms with Crippen LogP contribution in [0.4, 0.5) is 0 Å². The summed E-state index contributed by atoms with van der Waals surface area (Å²) in [4.78, 5) is 2.21. The SMILES string of the molecule is COC12CCCCC1(C#N)CN(Cc1ccccc1)CO2. The molecular weight excluding hydrogens is 264 g/mol. The standard InChI is InChI=1S/C17H22N2O2/c1-20-17-10-6-5-9-16(17,12-18)13-19(14-21-17)11-15-7-3-2-4-8-15/h2-4,7-8H,5-6,9-11,13-14H2,1H3. The van der Waals surface area contributed by atoms with Gasteiger partial charge in [-0.15, -0.1) is 0 Å². The van der Waals surface area contributed by atoms with E-state index in [1.54, 1.807) is 7.11 Å². The van der Waals surface area contributed by atoms with Gasteiger partial charge < -0.3 is 9.47 Å². The predicted octanol–water partition coefficient (Wildman–Crippen LogP) is 2.90. The van der Waals surface area contributed by atoms with Gasteiger partial charge >= 0.3 is 0 Å². The molecule has 0 bridgehead atoms. The maximum Gasteiger partial charge on any atom is 0.189 e. The number of nitriles is 1. The molecule has 1 aromatic rings. The van der Waals surface area contributed by atoms with Crippen LogP contribution in [0.2, 0.25) is 0 Å². The van der Waals surface area contributed by atoms with Crippen LogP contribution in [-0.2, 0) is 16.0 Å². The van der Waals surface area contributed by atoms with E-state index in [0.717, 1.165) is 32.2 Å². The van der Waals surface area contributed by atoms with E-state index in [1.165, 1.54) is 5.56 Å². The monoisotopic (exact) mass is 286 g/mol. The predicted molar refractivity (Wildman–Crippen MR) is 79.1 cm³/mol. The van der Waals surface area contributed by atoms with E-state index in [9.17, 15) is 5.26 Å². The van der Waals surface area contributed by atoms with E-state index >= 15 is 0 Å². The molecule has 4 heteroatoms. The van der Waals surface area contributed by atoms with Crippen molar-refractivity contribution in [3.63, 3.8) is 0 Å². The number of rotatable bonds is 3. The summed E-state index contributed by atoms with van der Waals surface area (Å²) in [5.41, 5.74) is 0.697. The van der Waals surface area contributed by atoms with E-state index in [4.69, 9.17) is 9.47 Å². The van der Waals surface area contributed by atoms with Crippen molar-refractivity contribution in [3.05, 3.63) is 35.9 Å². The Morgan fingerprint density at radius 2 is 2.05 bits per heavy atom. The van der Waals surface area contributed by atoms with Crippen molar-refractivity contribution in [2.24, 2.45) is 5.41 Å². The van der Waals surface area contributed by atoms with E-state index in [1.807, 2.05) is 18.2 Å². The van der Waals surface area contributed by atoms with Gasteiger partial charge in [0.05, 0.1) is 6.07 Å². The Labute approximate surface area is 126 Å². The Morgan fingerprint density at radius 1 is 1.29 bits per heavy atom. The quantitative estimate of drug-likeness (QED) is 0.857. The number of ether oxygens (including phenoxy) is 2. The Kier molecular flexibility index (Phi) is 3.99. The van der Waals surface area contributed by atoms with Crippen LogP contribution in [0.1, 0.15) is 31.2 Å². The van der Waals surface area contributed by atoms with Crippen LogP contribution in [0.5, 0.6) is 0 Å². The zero-order valence-electron chi connectivity index (χ0n) is 12.5. The molecule has 0 radical (unpaired) electrons. The minimum Gasteiger partial charge on any atom is -0.352 e. The molecule has 21 heavy (non-hydrogen) atoms. The molecule has 1 heterocycles. The lowest BCUT2D eigenvalue weighted by Crippen LogP contribution is -2.63. The second kappa shape index (κ2) is 5.76. The van der Waals surface area contributed by atoms with Gasteiger partial charge in [-0.3, -0.25) is 4.90 Å².